The molecule has 1 aromatic rings. The number of guanidine groups is 1. The molecule has 7 heteroatoms. The van der Waals surface area contributed by atoms with Gasteiger partial charge in [0.05, 0.1) is 0 Å². The number of hydrogen-bond acceptors (Lipinski definition) is 2. The lowest BCUT2D eigenvalue weighted by molar-refractivity contribution is 0.151. The van der Waals surface area contributed by atoms with Crippen molar-refractivity contribution in [2.75, 3.05) is 44.7 Å². The minimum absolute atomic E-state index is 0. The Morgan fingerprint density at radius 1 is 1.22 bits per heavy atom. The first kappa shape index (κ1) is 20.6. The van der Waals surface area contributed by atoms with Gasteiger partial charge >= 0.3 is 0 Å². The number of halogens is 3. The molecular weight excluding hydrogens is 461 g/mol. The van der Waals surface area contributed by atoms with Gasteiger partial charge in [0.2, 0.25) is 0 Å². The highest BCUT2D eigenvalue weighted by molar-refractivity contribution is 14.0. The fourth-order valence-corrected chi connectivity index (χ4v) is 4.68. The lowest BCUT2D eigenvalue weighted by Crippen LogP contribution is -2.44. The van der Waals surface area contributed by atoms with Crippen LogP contribution in [0.4, 0.5) is 14.5 Å². The van der Waals surface area contributed by atoms with Gasteiger partial charge in [-0.25, -0.2) is 8.78 Å². The molecule has 0 aromatic heterocycles. The summed E-state index contributed by atoms with van der Waals surface area (Å²) in [6.45, 7) is 4.85. The third kappa shape index (κ3) is 4.32. The van der Waals surface area contributed by atoms with Gasteiger partial charge in [-0.2, -0.15) is 0 Å². The summed E-state index contributed by atoms with van der Waals surface area (Å²) in [5.41, 5.74) is 1.33. The molecule has 4 nitrogen and oxygen atoms in total. The third-order valence-electron chi connectivity index (χ3n) is 6.47. The molecule has 2 saturated heterocycles. The van der Waals surface area contributed by atoms with Crippen molar-refractivity contribution in [3.8, 4) is 0 Å². The Bertz CT molecular complexity index is 693. The number of nitrogens with zero attached hydrogens (tertiary/aromatic N) is 3. The van der Waals surface area contributed by atoms with Gasteiger partial charge in [0.15, 0.2) is 17.6 Å². The minimum atomic E-state index is -0.787. The molecule has 0 amide bonds. The number of nitrogens with one attached hydrogen (secondary N) is 1. The van der Waals surface area contributed by atoms with Gasteiger partial charge in [0.1, 0.15) is 0 Å². The van der Waals surface area contributed by atoms with Crippen molar-refractivity contribution >= 4 is 35.6 Å². The van der Waals surface area contributed by atoms with E-state index in [0.29, 0.717) is 11.3 Å². The number of aliphatic imine (C=N–C) groups is 1. The Morgan fingerprint density at radius 2 is 2.04 bits per heavy atom. The number of likely N-dealkylation sites (tertiary alicyclic amines) is 1. The maximum atomic E-state index is 13.5. The molecule has 1 spiro atoms. The normalized spacial score (nSPS) is 24.1. The molecule has 1 N–H and O–H groups in total. The van der Waals surface area contributed by atoms with Gasteiger partial charge in [-0.1, -0.05) is 6.42 Å². The molecule has 1 aliphatic carbocycles. The maximum absolute atomic E-state index is 13.5. The van der Waals surface area contributed by atoms with E-state index in [-0.39, 0.29) is 24.0 Å². The molecule has 2 aliphatic heterocycles. The van der Waals surface area contributed by atoms with Crippen molar-refractivity contribution in [3.05, 3.63) is 29.8 Å². The largest absolute Gasteiger partial charge is 0.371 e. The zero-order valence-corrected chi connectivity index (χ0v) is 18.2. The molecular formula is C20H29F2IN4. The van der Waals surface area contributed by atoms with Gasteiger partial charge < -0.3 is 15.1 Å². The summed E-state index contributed by atoms with van der Waals surface area (Å²) in [4.78, 5) is 9.02. The van der Waals surface area contributed by atoms with E-state index in [2.05, 4.69) is 20.1 Å². The van der Waals surface area contributed by atoms with Crippen molar-refractivity contribution in [2.45, 2.75) is 32.1 Å². The van der Waals surface area contributed by atoms with Gasteiger partial charge in [-0.15, -0.1) is 24.0 Å². The van der Waals surface area contributed by atoms with E-state index < -0.39 is 11.6 Å². The monoisotopic (exact) mass is 490 g/mol. The first-order valence-corrected chi connectivity index (χ1v) is 9.74. The molecule has 1 atom stereocenters. The Morgan fingerprint density at radius 3 is 2.67 bits per heavy atom. The molecule has 3 fully saturated rings. The minimum Gasteiger partial charge on any atom is -0.371 e. The first-order chi connectivity index (χ1) is 12.6. The Labute approximate surface area is 177 Å². The average molecular weight is 490 g/mol. The lowest BCUT2D eigenvalue weighted by atomic mass is 9.68. The van der Waals surface area contributed by atoms with Gasteiger partial charge in [0, 0.05) is 51.5 Å². The van der Waals surface area contributed by atoms with Crippen molar-refractivity contribution in [3.63, 3.8) is 0 Å². The van der Waals surface area contributed by atoms with Gasteiger partial charge in [0.25, 0.3) is 0 Å². The Hall–Kier alpha value is -1.12. The first-order valence-electron chi connectivity index (χ1n) is 9.74. The topological polar surface area (TPSA) is 30.9 Å². The maximum Gasteiger partial charge on any atom is 0.193 e. The summed E-state index contributed by atoms with van der Waals surface area (Å²) in [5, 5.41) is 3.55. The molecule has 4 rings (SSSR count). The molecule has 27 heavy (non-hydrogen) atoms. The lowest BCUT2D eigenvalue weighted by Gasteiger charge is -2.38. The molecule has 0 bridgehead atoms. The van der Waals surface area contributed by atoms with E-state index >= 15 is 0 Å². The molecule has 2 heterocycles. The van der Waals surface area contributed by atoms with Crippen LogP contribution in [0.5, 0.6) is 0 Å². The highest BCUT2D eigenvalue weighted by atomic mass is 127. The van der Waals surface area contributed by atoms with Crippen LogP contribution in [0.25, 0.3) is 0 Å². The summed E-state index contributed by atoms with van der Waals surface area (Å²) < 4.78 is 26.6. The van der Waals surface area contributed by atoms with Crippen molar-refractivity contribution in [1.82, 2.24) is 10.2 Å². The molecule has 150 valence electrons. The van der Waals surface area contributed by atoms with Gasteiger partial charge in [-0.3, -0.25) is 4.99 Å². The van der Waals surface area contributed by atoms with Crippen LogP contribution in [0, 0.1) is 23.0 Å². The van der Waals surface area contributed by atoms with Crippen LogP contribution in [0.3, 0.4) is 0 Å². The Kier molecular flexibility index (Phi) is 6.48. The van der Waals surface area contributed by atoms with Crippen LogP contribution >= 0.6 is 24.0 Å². The summed E-state index contributed by atoms with van der Waals surface area (Å²) in [7, 11) is 1.86. The summed E-state index contributed by atoms with van der Waals surface area (Å²) in [6, 6.07) is 4.17. The van der Waals surface area contributed by atoms with Crippen LogP contribution in [-0.2, 0) is 0 Å². The number of anilines is 1. The van der Waals surface area contributed by atoms with E-state index in [9.17, 15) is 8.78 Å². The van der Waals surface area contributed by atoms with E-state index in [0.717, 1.165) is 50.8 Å². The molecule has 1 aromatic carbocycles. The van der Waals surface area contributed by atoms with Crippen LogP contribution in [0.15, 0.2) is 23.2 Å². The molecule has 1 saturated carbocycles. The van der Waals surface area contributed by atoms with E-state index in [1.165, 1.54) is 37.8 Å². The smallest absolute Gasteiger partial charge is 0.193 e. The second kappa shape index (κ2) is 8.49. The summed E-state index contributed by atoms with van der Waals surface area (Å²) in [6.07, 6.45) is 6.45. The molecule has 3 aliphatic rings. The second-order valence-corrected chi connectivity index (χ2v) is 8.15. The van der Waals surface area contributed by atoms with Crippen LogP contribution < -0.4 is 10.2 Å². The average Bonchev–Trinajstić information content (AvgIpc) is 3.25. The van der Waals surface area contributed by atoms with Crippen molar-refractivity contribution in [2.24, 2.45) is 16.3 Å². The zero-order chi connectivity index (χ0) is 18.1. The molecule has 1 unspecified atom stereocenters. The molecule has 0 radical (unpaired) electrons. The van der Waals surface area contributed by atoms with Crippen molar-refractivity contribution < 1.29 is 8.78 Å². The van der Waals surface area contributed by atoms with E-state index in [1.54, 1.807) is 6.07 Å². The fourth-order valence-electron chi connectivity index (χ4n) is 4.68. The number of benzene rings is 1. The predicted molar refractivity (Wildman–Crippen MR) is 116 cm³/mol. The Balaban J connectivity index is 0.00000210. The van der Waals surface area contributed by atoms with E-state index in [1.807, 2.05) is 7.05 Å². The fraction of sp³-hybridized carbons (Fsp3) is 0.650. The standard InChI is InChI=1S/C20H28F2N4.HI/c1-23-19(26-10-8-20(14-26)6-2-7-20)24-12-15-5-9-25(13-15)16-3-4-17(21)18(22)11-16;/h3-4,11,15H,2,5-10,12-14H2,1H3,(H,23,24);1H. The highest BCUT2D eigenvalue weighted by Gasteiger charge is 2.43. The SMILES string of the molecule is CN=C(NCC1CCN(c2ccc(F)c(F)c2)C1)N1CCC2(CCC2)C1.I. The predicted octanol–water partition coefficient (Wildman–Crippen LogP) is 3.86. The quantitative estimate of drug-likeness (QED) is 0.397. The van der Waals surface area contributed by atoms with Crippen LogP contribution in [-0.4, -0.2) is 50.6 Å². The second-order valence-electron chi connectivity index (χ2n) is 8.15. The van der Waals surface area contributed by atoms with Crippen molar-refractivity contribution in [1.29, 1.82) is 0 Å². The van der Waals surface area contributed by atoms with E-state index in [4.69, 9.17) is 0 Å². The van der Waals surface area contributed by atoms with Crippen LogP contribution in [0.1, 0.15) is 32.1 Å². The third-order valence-corrected chi connectivity index (χ3v) is 6.47. The summed E-state index contributed by atoms with van der Waals surface area (Å²) in [5.74, 6) is -0.0616. The highest BCUT2D eigenvalue weighted by Crippen LogP contribution is 2.47. The zero-order valence-electron chi connectivity index (χ0n) is 15.9. The van der Waals surface area contributed by atoms with Gasteiger partial charge in [-0.05, 0) is 49.1 Å². The number of hydrogen-bond donors (Lipinski definition) is 1. The summed E-state index contributed by atoms with van der Waals surface area (Å²) >= 11 is 0. The number of rotatable bonds is 3. The van der Waals surface area contributed by atoms with Crippen LogP contribution in [0.2, 0.25) is 0 Å².